The molecule has 0 radical (unpaired) electrons. The number of amides is 3. The molecule has 1 unspecified atom stereocenters. The fourth-order valence-electron chi connectivity index (χ4n) is 3.96. The number of benzene rings is 1. The van der Waals surface area contributed by atoms with Gasteiger partial charge in [-0.25, -0.2) is 4.39 Å². The van der Waals surface area contributed by atoms with Crippen molar-refractivity contribution in [2.24, 2.45) is 0 Å². The Balaban J connectivity index is 0.00000102. The van der Waals surface area contributed by atoms with E-state index in [2.05, 4.69) is 10.2 Å². The number of thiophene rings is 1. The number of carbonyl (C=O) groups excluding carboxylic acids is 3. The van der Waals surface area contributed by atoms with Crippen LogP contribution in [0.15, 0.2) is 30.6 Å². The van der Waals surface area contributed by atoms with Crippen LogP contribution in [0.2, 0.25) is 0 Å². The van der Waals surface area contributed by atoms with E-state index < -0.39 is 17.6 Å². The number of hydrogen-bond donors (Lipinski definition) is 2. The van der Waals surface area contributed by atoms with Gasteiger partial charge in [-0.1, -0.05) is 11.3 Å². The van der Waals surface area contributed by atoms with Gasteiger partial charge in [0.15, 0.2) is 0 Å². The number of imide groups is 1. The summed E-state index contributed by atoms with van der Waals surface area (Å²) < 4.78 is 19.3. The smallest absolute Gasteiger partial charge is 0.264 e. The molecule has 0 aliphatic heterocycles. The Morgan fingerprint density at radius 2 is 1.77 bits per heavy atom. The number of aliphatic hydroxyl groups is 2. The number of ether oxygens (including phenoxy) is 1. The van der Waals surface area contributed by atoms with E-state index in [4.69, 9.17) is 14.9 Å². The third-order valence-corrected chi connectivity index (χ3v) is 8.23. The van der Waals surface area contributed by atoms with Crippen molar-refractivity contribution in [3.63, 3.8) is 0 Å². The van der Waals surface area contributed by atoms with Gasteiger partial charge in [0, 0.05) is 32.2 Å². The monoisotopic (exact) mass is 634 g/mol. The van der Waals surface area contributed by atoms with E-state index >= 15 is 0 Å². The van der Waals surface area contributed by atoms with Gasteiger partial charge in [-0.2, -0.15) is 10.2 Å². The van der Waals surface area contributed by atoms with Crippen LogP contribution in [-0.4, -0.2) is 105 Å². The second-order valence-corrected chi connectivity index (χ2v) is 12.1. The maximum atomic E-state index is 13.9. The van der Waals surface area contributed by atoms with Crippen molar-refractivity contribution in [2.75, 3.05) is 39.3 Å². The molecule has 3 rings (SSSR count). The van der Waals surface area contributed by atoms with Crippen molar-refractivity contribution in [1.82, 2.24) is 24.8 Å². The van der Waals surface area contributed by atoms with E-state index in [1.165, 1.54) is 59.6 Å². The molecule has 0 aliphatic carbocycles. The maximum absolute atomic E-state index is 13.9. The number of nitrogens with zero attached hydrogens (tertiary/aromatic N) is 6. The summed E-state index contributed by atoms with van der Waals surface area (Å²) in [5.74, 6) is -0.760. The van der Waals surface area contributed by atoms with Crippen LogP contribution < -0.4 is 9.64 Å². The summed E-state index contributed by atoms with van der Waals surface area (Å²) in [6.45, 7) is 10.3. The number of halogens is 1. The van der Waals surface area contributed by atoms with E-state index in [1.807, 2.05) is 18.7 Å². The van der Waals surface area contributed by atoms with Gasteiger partial charge in [-0.3, -0.25) is 19.3 Å². The SMILES string of the molecule is CC(C)(O)CO.COc1ccc(F)cc1CCN(C)c1sc(-n2nccn2)c(C)c1C(=O)N(C=O)C(C)C(=O)N(C)C(C)C. The second kappa shape index (κ2) is 15.7. The average Bonchev–Trinajstić information content (AvgIpc) is 3.63. The van der Waals surface area contributed by atoms with Gasteiger partial charge in [0.25, 0.3) is 5.91 Å². The van der Waals surface area contributed by atoms with Crippen molar-refractivity contribution >= 4 is 34.6 Å². The van der Waals surface area contributed by atoms with Crippen LogP contribution in [0.25, 0.3) is 5.00 Å². The number of likely N-dealkylation sites (N-methyl/N-ethyl adjacent to an activating group) is 2. The molecule has 0 saturated carbocycles. The molecule has 2 heterocycles. The lowest BCUT2D eigenvalue weighted by atomic mass is 10.1. The van der Waals surface area contributed by atoms with Crippen LogP contribution in [0.4, 0.5) is 9.39 Å². The van der Waals surface area contributed by atoms with Gasteiger partial charge in [0.2, 0.25) is 12.3 Å². The molecule has 3 aromatic rings. The minimum absolute atomic E-state index is 0.101. The van der Waals surface area contributed by atoms with Crippen LogP contribution in [0.5, 0.6) is 5.75 Å². The second-order valence-electron chi connectivity index (χ2n) is 11.2. The molecule has 0 saturated heterocycles. The summed E-state index contributed by atoms with van der Waals surface area (Å²) >= 11 is 1.29. The van der Waals surface area contributed by atoms with Crippen molar-refractivity contribution in [1.29, 1.82) is 0 Å². The Morgan fingerprint density at radius 3 is 2.27 bits per heavy atom. The molecule has 1 aromatic carbocycles. The Bertz CT molecular complexity index is 1410. The van der Waals surface area contributed by atoms with Crippen molar-refractivity contribution in [3.05, 3.63) is 53.1 Å². The summed E-state index contributed by atoms with van der Waals surface area (Å²) in [4.78, 5) is 44.6. The lowest BCUT2D eigenvalue weighted by molar-refractivity contribution is -0.138. The molecule has 2 N–H and O–H groups in total. The van der Waals surface area contributed by atoms with Crippen molar-refractivity contribution in [2.45, 2.75) is 65.6 Å². The first-order valence-electron chi connectivity index (χ1n) is 14.0. The van der Waals surface area contributed by atoms with Gasteiger partial charge in [-0.15, -0.1) is 4.80 Å². The highest BCUT2D eigenvalue weighted by molar-refractivity contribution is 7.19. The molecule has 3 amide bonds. The molecule has 12 nitrogen and oxygen atoms in total. The zero-order valence-corrected chi connectivity index (χ0v) is 27.6. The predicted molar refractivity (Wildman–Crippen MR) is 167 cm³/mol. The van der Waals surface area contributed by atoms with E-state index in [1.54, 1.807) is 40.9 Å². The number of carbonyl (C=O) groups is 3. The van der Waals surface area contributed by atoms with Gasteiger partial charge in [0.1, 0.15) is 27.6 Å². The first kappa shape index (κ1) is 36.3. The fraction of sp³-hybridized carbons (Fsp3) is 0.500. The third-order valence-electron chi connectivity index (χ3n) is 6.85. The van der Waals surface area contributed by atoms with Crippen LogP contribution in [0, 0.1) is 12.7 Å². The van der Waals surface area contributed by atoms with Crippen LogP contribution >= 0.6 is 11.3 Å². The largest absolute Gasteiger partial charge is 0.496 e. The van der Waals surface area contributed by atoms with Gasteiger partial charge >= 0.3 is 0 Å². The number of rotatable bonds is 12. The molecular weight excluding hydrogens is 591 g/mol. The Hall–Kier alpha value is -3.88. The first-order valence-corrected chi connectivity index (χ1v) is 14.8. The molecule has 0 spiro atoms. The molecule has 0 bridgehead atoms. The van der Waals surface area contributed by atoms with Crippen molar-refractivity contribution in [3.8, 4) is 10.8 Å². The van der Waals surface area contributed by atoms with Crippen LogP contribution in [-0.2, 0) is 16.0 Å². The van der Waals surface area contributed by atoms with Gasteiger partial charge in [0.05, 0.1) is 37.3 Å². The Morgan fingerprint density at radius 1 is 1.18 bits per heavy atom. The summed E-state index contributed by atoms with van der Waals surface area (Å²) in [6, 6.07) is 3.22. The number of aliphatic hydroxyl groups excluding tert-OH is 1. The van der Waals surface area contributed by atoms with Gasteiger partial charge < -0.3 is 24.7 Å². The summed E-state index contributed by atoms with van der Waals surface area (Å²) in [5, 5.41) is 26.3. The quantitative estimate of drug-likeness (QED) is 0.288. The molecule has 1 atom stereocenters. The molecular formula is C30H43FN6O6S. The Kier molecular flexibility index (Phi) is 13.0. The summed E-state index contributed by atoms with van der Waals surface area (Å²) in [5.41, 5.74) is 0.625. The third kappa shape index (κ3) is 9.07. The van der Waals surface area contributed by atoms with Crippen LogP contribution in [0.3, 0.4) is 0 Å². The fourth-order valence-corrected chi connectivity index (χ4v) is 5.17. The Labute approximate surface area is 261 Å². The number of aromatic nitrogens is 3. The zero-order valence-electron chi connectivity index (χ0n) is 26.7. The zero-order chi connectivity index (χ0) is 33.4. The highest BCUT2D eigenvalue weighted by Gasteiger charge is 2.34. The predicted octanol–water partition coefficient (Wildman–Crippen LogP) is 3.07. The topological polar surface area (TPSA) is 141 Å². The van der Waals surface area contributed by atoms with Crippen LogP contribution in [0.1, 0.15) is 56.1 Å². The molecule has 2 aromatic heterocycles. The molecule has 44 heavy (non-hydrogen) atoms. The highest BCUT2D eigenvalue weighted by atomic mass is 32.1. The average molecular weight is 635 g/mol. The lowest BCUT2D eigenvalue weighted by Crippen LogP contribution is -2.49. The number of methoxy groups -OCH3 is 1. The first-order chi connectivity index (χ1) is 20.6. The molecule has 14 heteroatoms. The summed E-state index contributed by atoms with van der Waals surface area (Å²) in [7, 11) is 4.96. The molecule has 0 fully saturated rings. The minimum Gasteiger partial charge on any atom is -0.496 e. The standard InChI is InChI=1S/C26H33FN6O4S.C4H10O2/c1-16(2)31(6)23(35)18(4)32(15-34)24(36)22-17(3)25(33-28-11-12-29-33)38-26(22)30(5)13-10-19-14-20(27)8-9-21(19)37-7;1-4(2,6)3-5/h8-9,11-12,14-16,18H,10,13H2,1-7H3;5-6H,3H2,1-2H3. The van der Waals surface area contributed by atoms with Crippen molar-refractivity contribution < 1.29 is 33.7 Å². The lowest BCUT2D eigenvalue weighted by Gasteiger charge is -2.30. The number of anilines is 1. The number of hydrogen-bond acceptors (Lipinski definition) is 10. The molecule has 0 aliphatic rings. The van der Waals surface area contributed by atoms with E-state index in [0.29, 0.717) is 46.3 Å². The summed E-state index contributed by atoms with van der Waals surface area (Å²) in [6.07, 6.45) is 3.88. The molecule has 242 valence electrons. The van der Waals surface area contributed by atoms with Gasteiger partial charge in [-0.05, 0) is 71.7 Å². The van der Waals surface area contributed by atoms with E-state index in [9.17, 15) is 18.8 Å². The maximum Gasteiger partial charge on any atom is 0.264 e. The highest BCUT2D eigenvalue weighted by Crippen LogP contribution is 2.38. The van der Waals surface area contributed by atoms with E-state index in [-0.39, 0.29) is 29.9 Å². The normalized spacial score (nSPS) is 11.8. The van der Waals surface area contributed by atoms with E-state index in [0.717, 1.165) is 4.90 Å². The minimum atomic E-state index is -1.01.